The zero-order valence-electron chi connectivity index (χ0n) is 16.8. The molecule has 1 aromatic carbocycles. The van der Waals surface area contributed by atoms with E-state index in [0.29, 0.717) is 5.56 Å². The fourth-order valence-electron chi connectivity index (χ4n) is 2.48. The number of ether oxygens (including phenoxy) is 3. The molecule has 2 rings (SSSR count). The quantitative estimate of drug-likeness (QED) is 0.577. The molecule has 1 heterocycles. The second-order valence-electron chi connectivity index (χ2n) is 6.75. The molecule has 2 amide bonds. The second-order valence-corrected chi connectivity index (χ2v) is 6.75. The molecule has 1 atom stereocenters. The van der Waals surface area contributed by atoms with Crippen molar-refractivity contribution in [2.45, 2.75) is 53.0 Å². The maximum absolute atomic E-state index is 12.8. The average Bonchev–Trinajstić information content (AvgIpc) is 3.01. The van der Waals surface area contributed by atoms with Crippen LogP contribution in [0.25, 0.3) is 0 Å². The molecule has 0 radical (unpaired) electrons. The summed E-state index contributed by atoms with van der Waals surface area (Å²) in [5.74, 6) is -1.24. The molecule has 0 bridgehead atoms. The van der Waals surface area contributed by atoms with Gasteiger partial charge in [0.25, 0.3) is 0 Å². The highest BCUT2D eigenvalue weighted by molar-refractivity contribution is 6.38. The molecular formula is C19H25N3O6. The van der Waals surface area contributed by atoms with E-state index in [4.69, 9.17) is 14.2 Å². The van der Waals surface area contributed by atoms with Gasteiger partial charge in [-0.3, -0.25) is 0 Å². The minimum Gasteiger partial charge on any atom is -0.463 e. The zero-order valence-corrected chi connectivity index (χ0v) is 16.8. The summed E-state index contributed by atoms with van der Waals surface area (Å²) in [6, 6.07) is 7.18. The third kappa shape index (κ3) is 4.59. The summed E-state index contributed by atoms with van der Waals surface area (Å²) in [4.78, 5) is 42.0. The first-order chi connectivity index (χ1) is 13.1. The number of hydrogen-bond acceptors (Lipinski definition) is 7. The van der Waals surface area contributed by atoms with Gasteiger partial charge in [-0.15, -0.1) is 0 Å². The normalized spacial score (nSPS) is 16.3. The highest BCUT2D eigenvalue weighted by Gasteiger charge is 2.47. The van der Waals surface area contributed by atoms with Crippen LogP contribution in [0.4, 0.5) is 9.59 Å². The van der Waals surface area contributed by atoms with Crippen molar-refractivity contribution >= 4 is 24.0 Å². The summed E-state index contributed by atoms with van der Waals surface area (Å²) < 4.78 is 15.2. The first-order valence-electron chi connectivity index (χ1n) is 8.88. The van der Waals surface area contributed by atoms with E-state index in [1.54, 1.807) is 39.8 Å². The van der Waals surface area contributed by atoms with Crippen molar-refractivity contribution in [2.75, 3.05) is 7.11 Å². The lowest BCUT2D eigenvalue weighted by Crippen LogP contribution is -2.52. The molecule has 1 aliphatic heterocycles. The lowest BCUT2D eigenvalue weighted by Gasteiger charge is -2.31. The number of hydrazine groups is 1. The Morgan fingerprint density at radius 2 is 1.50 bits per heavy atom. The Kier molecular flexibility index (Phi) is 6.61. The van der Waals surface area contributed by atoms with Crippen molar-refractivity contribution in [1.29, 1.82) is 0 Å². The number of aryl methyl sites for hydroxylation is 1. The van der Waals surface area contributed by atoms with E-state index < -0.39 is 36.5 Å². The molecule has 0 saturated carbocycles. The first kappa shape index (κ1) is 21.2. The van der Waals surface area contributed by atoms with Gasteiger partial charge in [-0.25, -0.2) is 19.4 Å². The van der Waals surface area contributed by atoms with E-state index in [1.807, 2.05) is 19.1 Å². The smallest absolute Gasteiger partial charge is 0.435 e. The first-order valence-corrected chi connectivity index (χ1v) is 8.88. The van der Waals surface area contributed by atoms with Crippen LogP contribution in [0.3, 0.4) is 0 Å². The standard InChI is InChI=1S/C19H25N3O6/c1-11(2)27-18(24)21-15(14-9-7-13(5)8-10-14)20-16(17(23)26-6)22(21)19(25)28-12(3)4/h7-12,15H,1-6H3. The van der Waals surface area contributed by atoms with Crippen molar-refractivity contribution in [1.82, 2.24) is 10.0 Å². The molecule has 1 aromatic rings. The number of carbonyl (C=O) groups excluding carboxylic acids is 3. The summed E-state index contributed by atoms with van der Waals surface area (Å²) in [5.41, 5.74) is 1.60. The molecule has 1 unspecified atom stereocenters. The molecule has 0 saturated heterocycles. The second kappa shape index (κ2) is 8.73. The van der Waals surface area contributed by atoms with Gasteiger partial charge in [-0.2, -0.15) is 10.0 Å². The van der Waals surface area contributed by atoms with Crippen LogP contribution in [0.2, 0.25) is 0 Å². The number of carbonyl (C=O) groups is 3. The summed E-state index contributed by atoms with van der Waals surface area (Å²) in [6.45, 7) is 8.56. The summed E-state index contributed by atoms with van der Waals surface area (Å²) in [5, 5.41) is 1.72. The van der Waals surface area contributed by atoms with Crippen LogP contribution in [0, 0.1) is 6.92 Å². The predicted octanol–water partition coefficient (Wildman–Crippen LogP) is 3.19. The fraction of sp³-hybridized carbons (Fsp3) is 0.474. The number of esters is 1. The zero-order chi connectivity index (χ0) is 21.0. The Balaban J connectivity index is 2.54. The lowest BCUT2D eigenvalue weighted by molar-refractivity contribution is -0.134. The molecule has 1 aliphatic rings. The van der Waals surface area contributed by atoms with Crippen LogP contribution in [0.1, 0.15) is 45.0 Å². The number of aliphatic imine (C=N–C) groups is 1. The van der Waals surface area contributed by atoms with Crippen LogP contribution in [0.15, 0.2) is 29.3 Å². The van der Waals surface area contributed by atoms with Gasteiger partial charge in [-0.05, 0) is 40.2 Å². The lowest BCUT2D eigenvalue weighted by atomic mass is 10.1. The van der Waals surface area contributed by atoms with Crippen molar-refractivity contribution in [3.8, 4) is 0 Å². The van der Waals surface area contributed by atoms with Crippen molar-refractivity contribution < 1.29 is 28.6 Å². The average molecular weight is 391 g/mol. The third-order valence-electron chi connectivity index (χ3n) is 3.67. The Labute approximate surface area is 163 Å². The number of nitrogens with zero attached hydrogens (tertiary/aromatic N) is 3. The highest BCUT2D eigenvalue weighted by Crippen LogP contribution is 2.32. The Morgan fingerprint density at radius 3 is 2.00 bits per heavy atom. The molecule has 0 N–H and O–H groups in total. The number of amidine groups is 1. The van der Waals surface area contributed by atoms with Gasteiger partial charge in [0, 0.05) is 0 Å². The van der Waals surface area contributed by atoms with Gasteiger partial charge in [0.05, 0.1) is 19.3 Å². The Morgan fingerprint density at radius 1 is 0.964 bits per heavy atom. The Bertz CT molecular complexity index is 772. The number of methoxy groups -OCH3 is 1. The van der Waals surface area contributed by atoms with E-state index in [-0.39, 0.29) is 5.84 Å². The predicted molar refractivity (Wildman–Crippen MR) is 100 cm³/mol. The van der Waals surface area contributed by atoms with Crippen molar-refractivity contribution in [3.05, 3.63) is 35.4 Å². The van der Waals surface area contributed by atoms with Gasteiger partial charge in [0.15, 0.2) is 6.17 Å². The van der Waals surface area contributed by atoms with Crippen LogP contribution >= 0.6 is 0 Å². The van der Waals surface area contributed by atoms with E-state index in [1.165, 1.54) is 0 Å². The molecule has 28 heavy (non-hydrogen) atoms. The molecule has 9 heteroatoms. The van der Waals surface area contributed by atoms with E-state index in [0.717, 1.165) is 22.7 Å². The van der Waals surface area contributed by atoms with E-state index in [2.05, 4.69) is 4.99 Å². The largest absolute Gasteiger partial charge is 0.463 e. The van der Waals surface area contributed by atoms with E-state index in [9.17, 15) is 14.4 Å². The third-order valence-corrected chi connectivity index (χ3v) is 3.67. The number of rotatable bonds is 4. The molecule has 152 valence electrons. The molecule has 0 aliphatic carbocycles. The SMILES string of the molecule is COC(=O)C1=NC(c2ccc(C)cc2)N(C(=O)OC(C)C)N1C(=O)OC(C)C. The fourth-order valence-corrected chi connectivity index (χ4v) is 2.48. The molecule has 0 aromatic heterocycles. The van der Waals surface area contributed by atoms with Gasteiger partial charge in [-0.1, -0.05) is 29.8 Å². The van der Waals surface area contributed by atoms with Crippen molar-refractivity contribution in [2.24, 2.45) is 4.99 Å². The maximum atomic E-state index is 12.8. The summed E-state index contributed by atoms with van der Waals surface area (Å²) >= 11 is 0. The molecule has 0 spiro atoms. The van der Waals surface area contributed by atoms with Gasteiger partial charge >= 0.3 is 18.2 Å². The van der Waals surface area contributed by atoms with Crippen LogP contribution in [-0.2, 0) is 19.0 Å². The number of benzene rings is 1. The van der Waals surface area contributed by atoms with Crippen molar-refractivity contribution in [3.63, 3.8) is 0 Å². The minimum atomic E-state index is -0.985. The molecule has 0 fully saturated rings. The van der Waals surface area contributed by atoms with Crippen LogP contribution in [0.5, 0.6) is 0 Å². The van der Waals surface area contributed by atoms with Gasteiger partial charge < -0.3 is 14.2 Å². The molecular weight excluding hydrogens is 366 g/mol. The maximum Gasteiger partial charge on any atom is 0.435 e. The number of amides is 2. The topological polar surface area (TPSA) is 97.7 Å². The highest BCUT2D eigenvalue weighted by atomic mass is 16.6. The Hall–Kier alpha value is -3.10. The van der Waals surface area contributed by atoms with Crippen LogP contribution in [-0.4, -0.2) is 53.3 Å². The number of hydrogen-bond donors (Lipinski definition) is 0. The summed E-state index contributed by atoms with van der Waals surface area (Å²) in [7, 11) is 1.16. The van der Waals surface area contributed by atoms with Crippen LogP contribution < -0.4 is 0 Å². The minimum absolute atomic E-state index is 0.362. The monoisotopic (exact) mass is 391 g/mol. The molecule has 9 nitrogen and oxygen atoms in total. The van der Waals surface area contributed by atoms with Gasteiger partial charge in [0.1, 0.15) is 0 Å². The van der Waals surface area contributed by atoms with Gasteiger partial charge in [0.2, 0.25) is 5.84 Å². The van der Waals surface area contributed by atoms with E-state index >= 15 is 0 Å². The summed E-state index contributed by atoms with van der Waals surface area (Å²) in [6.07, 6.45) is -3.69.